The van der Waals surface area contributed by atoms with E-state index in [0.29, 0.717) is 30.6 Å². The van der Waals surface area contributed by atoms with Crippen LogP contribution in [0.3, 0.4) is 0 Å². The lowest BCUT2D eigenvalue weighted by atomic mass is 9.99. The number of nitrogens with zero attached hydrogens (tertiary/aromatic N) is 1. The molecule has 1 aliphatic heterocycles. The third kappa shape index (κ3) is 5.00. The van der Waals surface area contributed by atoms with Gasteiger partial charge >= 0.3 is 5.97 Å². The van der Waals surface area contributed by atoms with Crippen molar-refractivity contribution in [2.24, 2.45) is 5.92 Å². The summed E-state index contributed by atoms with van der Waals surface area (Å²) in [5.74, 6) is -1.58. The highest BCUT2D eigenvalue weighted by atomic mass is 79.9. The molecule has 126 valence electrons. The Kier molecular flexibility index (Phi) is 6.12. The molecule has 0 aliphatic carbocycles. The highest BCUT2D eigenvalue weighted by Crippen LogP contribution is 2.20. The molecule has 1 N–H and O–H groups in total. The van der Waals surface area contributed by atoms with E-state index in [2.05, 4.69) is 15.9 Å². The molecule has 5 nitrogen and oxygen atoms in total. The van der Waals surface area contributed by atoms with Gasteiger partial charge in [-0.3, -0.25) is 9.59 Å². The van der Waals surface area contributed by atoms with Crippen LogP contribution in [-0.2, 0) is 20.7 Å². The first-order chi connectivity index (χ1) is 10.9. The Morgan fingerprint density at radius 1 is 1.52 bits per heavy atom. The van der Waals surface area contributed by atoms with E-state index in [1.165, 1.54) is 6.07 Å². The fourth-order valence-corrected chi connectivity index (χ4v) is 3.08. The number of morpholine rings is 1. The number of benzene rings is 1. The fraction of sp³-hybridized carbons (Fsp3) is 0.500. The van der Waals surface area contributed by atoms with Crippen LogP contribution < -0.4 is 0 Å². The Morgan fingerprint density at radius 2 is 2.26 bits per heavy atom. The molecule has 0 bridgehead atoms. The van der Waals surface area contributed by atoms with Gasteiger partial charge in [-0.1, -0.05) is 13.0 Å². The van der Waals surface area contributed by atoms with Gasteiger partial charge in [-0.2, -0.15) is 0 Å². The van der Waals surface area contributed by atoms with Crippen molar-refractivity contribution >= 4 is 27.8 Å². The molecule has 23 heavy (non-hydrogen) atoms. The second kappa shape index (κ2) is 7.88. The van der Waals surface area contributed by atoms with Gasteiger partial charge in [-0.05, 0) is 40.0 Å². The van der Waals surface area contributed by atoms with Crippen LogP contribution in [0.5, 0.6) is 0 Å². The Labute approximate surface area is 142 Å². The van der Waals surface area contributed by atoms with Crippen LogP contribution in [0.25, 0.3) is 0 Å². The second-order valence-electron chi connectivity index (χ2n) is 5.73. The number of halogens is 2. The quantitative estimate of drug-likeness (QED) is 0.842. The summed E-state index contributed by atoms with van der Waals surface area (Å²) in [5.41, 5.74) is 0.870. The van der Waals surface area contributed by atoms with Crippen LogP contribution in [0.15, 0.2) is 22.7 Å². The summed E-state index contributed by atoms with van der Waals surface area (Å²) in [6.07, 6.45) is -0.0702. The van der Waals surface area contributed by atoms with Crippen LogP contribution in [0.2, 0.25) is 0 Å². The number of carbonyl (C=O) groups is 2. The number of hydrogen-bond acceptors (Lipinski definition) is 3. The van der Waals surface area contributed by atoms with E-state index in [-0.39, 0.29) is 24.1 Å². The first kappa shape index (κ1) is 17.9. The molecule has 1 fully saturated rings. The van der Waals surface area contributed by atoms with Crippen LogP contribution >= 0.6 is 15.9 Å². The summed E-state index contributed by atoms with van der Waals surface area (Å²) in [6, 6.07) is 4.70. The summed E-state index contributed by atoms with van der Waals surface area (Å²) < 4.78 is 19.0. The molecule has 0 radical (unpaired) electrons. The predicted octanol–water partition coefficient (Wildman–Crippen LogP) is 2.47. The highest BCUT2D eigenvalue weighted by molar-refractivity contribution is 9.10. The molecule has 0 unspecified atom stereocenters. The second-order valence-corrected chi connectivity index (χ2v) is 6.58. The van der Waals surface area contributed by atoms with E-state index in [4.69, 9.17) is 9.84 Å². The van der Waals surface area contributed by atoms with Crippen molar-refractivity contribution in [2.45, 2.75) is 25.9 Å². The van der Waals surface area contributed by atoms with Crippen LogP contribution in [0.1, 0.15) is 18.9 Å². The van der Waals surface area contributed by atoms with E-state index in [0.717, 1.165) is 5.56 Å². The minimum Gasteiger partial charge on any atom is -0.481 e. The largest absolute Gasteiger partial charge is 0.481 e. The smallest absolute Gasteiger partial charge is 0.306 e. The van der Waals surface area contributed by atoms with Gasteiger partial charge in [0.15, 0.2) is 0 Å². The fourth-order valence-electron chi connectivity index (χ4n) is 2.66. The molecule has 7 heteroatoms. The zero-order chi connectivity index (χ0) is 17.0. The third-order valence-electron chi connectivity index (χ3n) is 3.80. The van der Waals surface area contributed by atoms with Crippen molar-refractivity contribution in [3.63, 3.8) is 0 Å². The lowest BCUT2D eigenvalue weighted by molar-refractivity contribution is -0.149. The van der Waals surface area contributed by atoms with E-state index >= 15 is 0 Å². The lowest BCUT2D eigenvalue weighted by Gasteiger charge is -2.34. The van der Waals surface area contributed by atoms with Gasteiger partial charge < -0.3 is 14.7 Å². The molecule has 0 saturated carbocycles. The van der Waals surface area contributed by atoms with Crippen molar-refractivity contribution in [3.8, 4) is 0 Å². The number of hydrogen-bond donors (Lipinski definition) is 1. The summed E-state index contributed by atoms with van der Waals surface area (Å²) in [5, 5.41) is 8.82. The lowest BCUT2D eigenvalue weighted by Crippen LogP contribution is -2.48. The molecule has 0 aromatic heterocycles. The zero-order valence-electron chi connectivity index (χ0n) is 12.8. The van der Waals surface area contributed by atoms with Crippen molar-refractivity contribution in [1.29, 1.82) is 0 Å². The summed E-state index contributed by atoms with van der Waals surface area (Å²) in [6.45, 7) is 2.93. The Hall–Kier alpha value is -1.47. The van der Waals surface area contributed by atoms with E-state index in [1.807, 2.05) is 6.92 Å². The number of carboxylic acid groups (broad SMARTS) is 1. The predicted molar refractivity (Wildman–Crippen MR) is 85.5 cm³/mol. The van der Waals surface area contributed by atoms with Gasteiger partial charge in [-0.25, -0.2) is 4.39 Å². The Morgan fingerprint density at radius 3 is 2.91 bits per heavy atom. The van der Waals surface area contributed by atoms with Crippen LogP contribution in [0, 0.1) is 11.7 Å². The molecular weight excluding hydrogens is 369 g/mol. The van der Waals surface area contributed by atoms with Crippen LogP contribution in [0.4, 0.5) is 4.39 Å². The van der Waals surface area contributed by atoms with Crippen molar-refractivity contribution < 1.29 is 23.8 Å². The standard InChI is InChI=1S/C16H19BrFNO4/c1-10(6-11-2-3-14(18)13(17)7-11)16(22)19-4-5-23-12(9-19)8-15(20)21/h2-3,7,10,12H,4-6,8-9H2,1H3,(H,20,21)/t10-,12+/m1/s1. The number of carboxylic acids is 1. The molecule has 0 spiro atoms. The van der Waals surface area contributed by atoms with Gasteiger partial charge in [0.25, 0.3) is 0 Å². The molecule has 1 aromatic rings. The van der Waals surface area contributed by atoms with Crippen LogP contribution in [-0.4, -0.2) is 47.7 Å². The minimum atomic E-state index is -0.937. The van der Waals surface area contributed by atoms with Gasteiger partial charge in [0, 0.05) is 19.0 Å². The molecular formula is C16H19BrFNO4. The maximum Gasteiger partial charge on any atom is 0.306 e. The summed E-state index contributed by atoms with van der Waals surface area (Å²) in [7, 11) is 0. The van der Waals surface area contributed by atoms with Gasteiger partial charge in [0.05, 0.1) is 23.6 Å². The Bertz CT molecular complexity index is 595. The van der Waals surface area contributed by atoms with E-state index in [1.54, 1.807) is 17.0 Å². The molecule has 2 atom stereocenters. The van der Waals surface area contributed by atoms with Crippen molar-refractivity contribution in [2.75, 3.05) is 19.7 Å². The molecule has 1 heterocycles. The normalized spacial score (nSPS) is 19.4. The highest BCUT2D eigenvalue weighted by Gasteiger charge is 2.28. The summed E-state index contributed by atoms with van der Waals surface area (Å²) >= 11 is 3.14. The first-order valence-electron chi connectivity index (χ1n) is 7.43. The van der Waals surface area contributed by atoms with E-state index in [9.17, 15) is 14.0 Å². The summed E-state index contributed by atoms with van der Waals surface area (Å²) in [4.78, 5) is 24.9. The van der Waals surface area contributed by atoms with Gasteiger partial charge in [-0.15, -0.1) is 0 Å². The number of rotatable bonds is 5. The molecule has 1 saturated heterocycles. The minimum absolute atomic E-state index is 0.0378. The molecule has 1 amide bonds. The van der Waals surface area contributed by atoms with E-state index < -0.39 is 12.1 Å². The Balaban J connectivity index is 1.95. The van der Waals surface area contributed by atoms with Crippen molar-refractivity contribution in [1.82, 2.24) is 4.90 Å². The monoisotopic (exact) mass is 387 g/mol. The third-order valence-corrected chi connectivity index (χ3v) is 4.41. The zero-order valence-corrected chi connectivity index (χ0v) is 14.4. The van der Waals surface area contributed by atoms with Crippen molar-refractivity contribution in [3.05, 3.63) is 34.1 Å². The maximum absolute atomic E-state index is 13.2. The molecule has 1 aromatic carbocycles. The topological polar surface area (TPSA) is 66.8 Å². The SMILES string of the molecule is C[C@H](Cc1ccc(F)c(Br)c1)C(=O)N1CCO[C@@H](CC(=O)O)C1. The maximum atomic E-state index is 13.2. The number of ether oxygens (including phenoxy) is 1. The van der Waals surface area contributed by atoms with Gasteiger partial charge in [0.2, 0.25) is 5.91 Å². The molecule has 1 aliphatic rings. The first-order valence-corrected chi connectivity index (χ1v) is 8.22. The number of aliphatic carboxylic acids is 1. The number of amides is 1. The molecule has 2 rings (SSSR count). The average molecular weight is 388 g/mol. The van der Waals surface area contributed by atoms with Gasteiger partial charge in [0.1, 0.15) is 5.82 Å². The number of carbonyl (C=O) groups excluding carboxylic acids is 1. The average Bonchev–Trinajstić information content (AvgIpc) is 2.49.